The van der Waals surface area contributed by atoms with E-state index in [1.54, 1.807) is 0 Å². The molecule has 0 saturated carbocycles. The Morgan fingerprint density at radius 1 is 1.29 bits per heavy atom. The minimum atomic E-state index is 0.392. The highest BCUT2D eigenvalue weighted by Crippen LogP contribution is 2.22. The smallest absolute Gasteiger partial charge is 0.0704 e. The lowest BCUT2D eigenvalue weighted by molar-refractivity contribution is 0.780. The van der Waals surface area contributed by atoms with Crippen molar-refractivity contribution in [2.24, 2.45) is 5.73 Å². The molecule has 0 aliphatic rings. The molecule has 2 aromatic rings. The van der Waals surface area contributed by atoms with Crippen molar-refractivity contribution in [1.82, 2.24) is 4.98 Å². The fraction of sp³-hybridized carbons (Fsp3) is 0.250. The van der Waals surface area contributed by atoms with Crippen LogP contribution in [-0.2, 0) is 0 Å². The van der Waals surface area contributed by atoms with E-state index in [9.17, 15) is 0 Å². The molecule has 2 rings (SSSR count). The highest BCUT2D eigenvalue weighted by atomic mass is 14.6. The van der Waals surface area contributed by atoms with Crippen LogP contribution >= 0.6 is 0 Å². The quantitative estimate of drug-likeness (QED) is 0.781. The predicted octanol–water partition coefficient (Wildman–Crippen LogP) is 2.30. The Balaban J connectivity index is 2.65. The lowest BCUT2D eigenvalue weighted by atomic mass is 9.98. The molecule has 0 amide bonds. The summed E-state index contributed by atoms with van der Waals surface area (Å²) < 4.78 is 0. The summed E-state index contributed by atoms with van der Waals surface area (Å²) in [5.74, 6) is 0.392. The molecule has 0 saturated heterocycles. The maximum Gasteiger partial charge on any atom is 0.0704 e. The zero-order valence-corrected chi connectivity index (χ0v) is 8.27. The Bertz CT molecular complexity index is 432. The molecule has 2 heteroatoms. The molecule has 2 nitrogen and oxygen atoms in total. The number of aromatic nitrogens is 1. The summed E-state index contributed by atoms with van der Waals surface area (Å²) in [6.45, 7) is 2.82. The second-order valence-corrected chi connectivity index (χ2v) is 3.55. The molecule has 0 radical (unpaired) electrons. The number of rotatable bonds is 2. The third-order valence-electron chi connectivity index (χ3n) is 2.57. The first-order valence-corrected chi connectivity index (χ1v) is 4.86. The van der Waals surface area contributed by atoms with Gasteiger partial charge in [0.05, 0.1) is 5.52 Å². The molecule has 0 aliphatic heterocycles. The van der Waals surface area contributed by atoms with Crippen LogP contribution in [0, 0.1) is 0 Å². The van der Waals surface area contributed by atoms with E-state index >= 15 is 0 Å². The molecule has 1 heterocycles. The van der Waals surface area contributed by atoms with E-state index in [1.165, 1.54) is 10.9 Å². The van der Waals surface area contributed by atoms with Crippen LogP contribution in [0.5, 0.6) is 0 Å². The van der Waals surface area contributed by atoms with Gasteiger partial charge in [0.25, 0.3) is 0 Å². The minimum Gasteiger partial charge on any atom is -0.330 e. The van der Waals surface area contributed by atoms with Crippen LogP contribution in [0.25, 0.3) is 10.9 Å². The maximum atomic E-state index is 5.67. The van der Waals surface area contributed by atoms with Gasteiger partial charge in [0.15, 0.2) is 0 Å². The van der Waals surface area contributed by atoms with E-state index in [-0.39, 0.29) is 0 Å². The molecule has 1 atom stereocenters. The van der Waals surface area contributed by atoms with Crippen LogP contribution in [-0.4, -0.2) is 11.5 Å². The van der Waals surface area contributed by atoms with Crippen molar-refractivity contribution in [2.75, 3.05) is 6.54 Å². The first-order valence-electron chi connectivity index (χ1n) is 4.86. The molecular weight excluding hydrogens is 172 g/mol. The van der Waals surface area contributed by atoms with Gasteiger partial charge in [0, 0.05) is 11.6 Å². The Kier molecular flexibility index (Phi) is 2.46. The fourth-order valence-electron chi connectivity index (χ4n) is 1.67. The van der Waals surface area contributed by atoms with E-state index < -0.39 is 0 Å². The zero-order chi connectivity index (χ0) is 9.97. The molecule has 1 aromatic carbocycles. The number of hydrogen-bond acceptors (Lipinski definition) is 2. The van der Waals surface area contributed by atoms with Crippen molar-refractivity contribution in [2.45, 2.75) is 12.8 Å². The van der Waals surface area contributed by atoms with Crippen LogP contribution in [0.2, 0.25) is 0 Å². The van der Waals surface area contributed by atoms with Crippen molar-refractivity contribution >= 4 is 10.9 Å². The van der Waals surface area contributed by atoms with Gasteiger partial charge in [0.2, 0.25) is 0 Å². The van der Waals surface area contributed by atoms with Crippen molar-refractivity contribution in [3.8, 4) is 0 Å². The molecule has 2 N–H and O–H groups in total. The normalized spacial score (nSPS) is 13.0. The number of pyridine rings is 1. The van der Waals surface area contributed by atoms with E-state index in [0.717, 1.165) is 5.52 Å². The topological polar surface area (TPSA) is 38.9 Å². The van der Waals surface area contributed by atoms with E-state index in [2.05, 4.69) is 24.0 Å². The number of hydrogen-bond donors (Lipinski definition) is 1. The van der Waals surface area contributed by atoms with E-state index in [0.29, 0.717) is 12.5 Å². The summed E-state index contributed by atoms with van der Waals surface area (Å²) in [5, 5.41) is 1.22. The molecule has 0 spiro atoms. The van der Waals surface area contributed by atoms with Gasteiger partial charge in [-0.1, -0.05) is 25.1 Å². The third-order valence-corrected chi connectivity index (χ3v) is 2.57. The first-order chi connectivity index (χ1) is 6.83. The summed E-state index contributed by atoms with van der Waals surface area (Å²) in [5.41, 5.74) is 8.01. The molecule has 14 heavy (non-hydrogen) atoms. The van der Waals surface area contributed by atoms with Gasteiger partial charge >= 0.3 is 0 Å². The number of benzene rings is 1. The third kappa shape index (κ3) is 1.49. The summed E-state index contributed by atoms with van der Waals surface area (Å²) in [6, 6.07) is 10.2. The molecule has 0 unspecified atom stereocenters. The number of para-hydroxylation sites is 1. The van der Waals surface area contributed by atoms with Gasteiger partial charge in [-0.15, -0.1) is 0 Å². The molecule has 72 valence electrons. The molecule has 1 aromatic heterocycles. The van der Waals surface area contributed by atoms with Gasteiger partial charge in [-0.25, -0.2) is 0 Å². The van der Waals surface area contributed by atoms with Crippen molar-refractivity contribution in [3.05, 3.63) is 42.1 Å². The standard InChI is InChI=1S/C12H14N2/c1-9(8-13)10-6-7-14-12-5-3-2-4-11(10)12/h2-7,9H,8,13H2,1H3/t9-/m0/s1. The lowest BCUT2D eigenvalue weighted by Gasteiger charge is -2.11. The second kappa shape index (κ2) is 3.76. The molecule has 0 aliphatic carbocycles. The fourth-order valence-corrected chi connectivity index (χ4v) is 1.67. The zero-order valence-electron chi connectivity index (χ0n) is 8.27. The van der Waals surface area contributed by atoms with Crippen LogP contribution in [0.15, 0.2) is 36.5 Å². The van der Waals surface area contributed by atoms with Gasteiger partial charge in [-0.05, 0) is 30.2 Å². The average molecular weight is 186 g/mol. The lowest BCUT2D eigenvalue weighted by Crippen LogP contribution is -2.09. The van der Waals surface area contributed by atoms with Crippen molar-refractivity contribution in [1.29, 1.82) is 0 Å². The number of nitrogens with two attached hydrogens (primary N) is 1. The van der Waals surface area contributed by atoms with Crippen LogP contribution in [0.4, 0.5) is 0 Å². The Morgan fingerprint density at radius 2 is 2.07 bits per heavy atom. The van der Waals surface area contributed by atoms with Gasteiger partial charge in [-0.3, -0.25) is 4.98 Å². The largest absolute Gasteiger partial charge is 0.330 e. The predicted molar refractivity (Wildman–Crippen MR) is 59.2 cm³/mol. The highest BCUT2D eigenvalue weighted by Gasteiger charge is 2.06. The maximum absolute atomic E-state index is 5.67. The van der Waals surface area contributed by atoms with E-state index in [4.69, 9.17) is 5.73 Å². The first kappa shape index (κ1) is 9.16. The van der Waals surface area contributed by atoms with Gasteiger partial charge < -0.3 is 5.73 Å². The van der Waals surface area contributed by atoms with Crippen molar-refractivity contribution in [3.63, 3.8) is 0 Å². The Labute approximate surface area is 83.8 Å². The molecule has 0 fully saturated rings. The number of fused-ring (bicyclic) bond motifs is 1. The SMILES string of the molecule is C[C@@H](CN)c1ccnc2ccccc12. The second-order valence-electron chi connectivity index (χ2n) is 3.55. The Hall–Kier alpha value is -1.41. The molecular formula is C12H14N2. The summed E-state index contributed by atoms with van der Waals surface area (Å²) >= 11 is 0. The van der Waals surface area contributed by atoms with Gasteiger partial charge in [0.1, 0.15) is 0 Å². The summed E-state index contributed by atoms with van der Waals surface area (Å²) in [4.78, 5) is 4.32. The van der Waals surface area contributed by atoms with E-state index in [1.807, 2.05) is 24.4 Å². The molecule has 0 bridgehead atoms. The van der Waals surface area contributed by atoms with Crippen LogP contribution in [0.3, 0.4) is 0 Å². The average Bonchev–Trinajstić information content (AvgIpc) is 2.27. The van der Waals surface area contributed by atoms with Crippen LogP contribution < -0.4 is 5.73 Å². The minimum absolute atomic E-state index is 0.392. The van der Waals surface area contributed by atoms with Crippen molar-refractivity contribution < 1.29 is 0 Å². The Morgan fingerprint density at radius 3 is 2.86 bits per heavy atom. The summed E-state index contributed by atoms with van der Waals surface area (Å²) in [6.07, 6.45) is 1.85. The monoisotopic (exact) mass is 186 g/mol. The van der Waals surface area contributed by atoms with Crippen LogP contribution in [0.1, 0.15) is 18.4 Å². The highest BCUT2D eigenvalue weighted by molar-refractivity contribution is 5.82. The van der Waals surface area contributed by atoms with Gasteiger partial charge in [-0.2, -0.15) is 0 Å². The summed E-state index contributed by atoms with van der Waals surface area (Å²) in [7, 11) is 0. The number of nitrogens with zero attached hydrogens (tertiary/aromatic N) is 1.